The molecule has 0 aliphatic heterocycles. The van der Waals surface area contributed by atoms with Gasteiger partial charge in [-0.05, 0) is 19.1 Å². The predicted molar refractivity (Wildman–Crippen MR) is 38.5 cm³/mol. The molecule has 4 heteroatoms. The third kappa shape index (κ3) is 1.67. The number of hydrogen-bond acceptors (Lipinski definition) is 3. The second-order valence-corrected chi connectivity index (χ2v) is 2.05. The van der Waals surface area contributed by atoms with E-state index in [1.165, 1.54) is 6.07 Å². The van der Waals surface area contributed by atoms with Crippen molar-refractivity contribution in [1.29, 1.82) is 0 Å². The van der Waals surface area contributed by atoms with Gasteiger partial charge in [-0.25, -0.2) is 0 Å². The van der Waals surface area contributed by atoms with Gasteiger partial charge < -0.3 is 9.72 Å². The summed E-state index contributed by atoms with van der Waals surface area (Å²) in [6, 6.07) is 3.10. The molecule has 1 rings (SSSR count). The number of aryl methyl sites for hydroxylation is 1. The lowest BCUT2D eigenvalue weighted by Crippen LogP contribution is -2.10. The predicted octanol–water partition coefficient (Wildman–Crippen LogP) is 0.219. The normalized spacial score (nSPS) is 9.18. The van der Waals surface area contributed by atoms with Gasteiger partial charge in [-0.15, -0.1) is 0 Å². The van der Waals surface area contributed by atoms with E-state index in [9.17, 15) is 9.59 Å². The molecule has 1 N–H and O–H groups in total. The van der Waals surface area contributed by atoms with Gasteiger partial charge in [-0.2, -0.15) is 0 Å². The number of carbonyl (C=O) groups excluding carboxylic acids is 1. The molecule has 0 saturated carbocycles. The molecule has 0 bridgehead atoms. The van der Waals surface area contributed by atoms with Crippen LogP contribution in [-0.2, 0) is 4.79 Å². The van der Waals surface area contributed by atoms with Gasteiger partial charge in [0.1, 0.15) is 0 Å². The number of ether oxygens (including phenoxy) is 1. The smallest absolute Gasteiger partial charge is 0.298 e. The van der Waals surface area contributed by atoms with Crippen molar-refractivity contribution in [3.63, 3.8) is 0 Å². The summed E-state index contributed by atoms with van der Waals surface area (Å²) in [5, 5.41) is 0. The van der Waals surface area contributed by atoms with Crippen LogP contribution in [0.3, 0.4) is 0 Å². The molecule has 0 spiro atoms. The third-order valence-corrected chi connectivity index (χ3v) is 1.19. The van der Waals surface area contributed by atoms with Crippen molar-refractivity contribution < 1.29 is 9.53 Å². The summed E-state index contributed by atoms with van der Waals surface area (Å²) in [7, 11) is 0. The lowest BCUT2D eigenvalue weighted by molar-refractivity contribution is -0.120. The van der Waals surface area contributed by atoms with Gasteiger partial charge in [-0.1, -0.05) is 0 Å². The van der Waals surface area contributed by atoms with Crippen LogP contribution in [0.25, 0.3) is 0 Å². The zero-order valence-corrected chi connectivity index (χ0v) is 5.96. The maximum absolute atomic E-state index is 10.9. The maximum atomic E-state index is 10.9. The first-order valence-corrected chi connectivity index (χ1v) is 3.04. The van der Waals surface area contributed by atoms with Crippen LogP contribution in [0.4, 0.5) is 0 Å². The van der Waals surface area contributed by atoms with Crippen molar-refractivity contribution in [2.24, 2.45) is 0 Å². The number of H-pyrrole nitrogens is 1. The molecular formula is C7H7NO3. The summed E-state index contributed by atoms with van der Waals surface area (Å²) in [6.45, 7) is 1.96. The number of nitrogens with one attached hydrogen (secondary N) is 1. The highest BCUT2D eigenvalue weighted by molar-refractivity contribution is 5.44. The Bertz CT molecular complexity index is 316. The molecule has 0 aliphatic rings. The fourth-order valence-corrected chi connectivity index (χ4v) is 0.703. The van der Waals surface area contributed by atoms with E-state index in [0.717, 1.165) is 5.69 Å². The average Bonchev–Trinajstić information content (AvgIpc) is 1.95. The van der Waals surface area contributed by atoms with E-state index in [-0.39, 0.29) is 12.2 Å². The number of hydrogen-bond donors (Lipinski definition) is 1. The fourth-order valence-electron chi connectivity index (χ4n) is 0.703. The van der Waals surface area contributed by atoms with Crippen LogP contribution in [0.1, 0.15) is 5.69 Å². The zero-order chi connectivity index (χ0) is 8.27. The van der Waals surface area contributed by atoms with Crippen LogP contribution in [0.2, 0.25) is 0 Å². The molecule has 0 aromatic carbocycles. The molecule has 58 valence electrons. The van der Waals surface area contributed by atoms with Gasteiger partial charge in [0.25, 0.3) is 12.0 Å². The quantitative estimate of drug-likeness (QED) is 0.618. The fraction of sp³-hybridized carbons (Fsp3) is 0.143. The van der Waals surface area contributed by atoms with Crippen LogP contribution in [0.15, 0.2) is 16.9 Å². The van der Waals surface area contributed by atoms with Crippen molar-refractivity contribution in [2.75, 3.05) is 0 Å². The Morgan fingerprint density at radius 3 is 2.82 bits per heavy atom. The van der Waals surface area contributed by atoms with E-state index >= 15 is 0 Å². The van der Waals surface area contributed by atoms with Crippen LogP contribution < -0.4 is 10.3 Å². The van der Waals surface area contributed by atoms with Crippen LogP contribution in [0, 0.1) is 6.92 Å². The van der Waals surface area contributed by atoms with Crippen LogP contribution in [0.5, 0.6) is 5.75 Å². The third-order valence-electron chi connectivity index (χ3n) is 1.19. The Hall–Kier alpha value is -1.58. The van der Waals surface area contributed by atoms with E-state index in [2.05, 4.69) is 9.72 Å². The molecule has 1 aromatic rings. The van der Waals surface area contributed by atoms with Crippen LogP contribution >= 0.6 is 0 Å². The first kappa shape index (κ1) is 7.53. The first-order valence-electron chi connectivity index (χ1n) is 3.04. The number of rotatable bonds is 2. The Morgan fingerprint density at radius 1 is 1.55 bits per heavy atom. The van der Waals surface area contributed by atoms with E-state index < -0.39 is 5.56 Å². The molecule has 0 amide bonds. The van der Waals surface area contributed by atoms with Crippen molar-refractivity contribution in [3.05, 3.63) is 28.2 Å². The molecule has 0 fully saturated rings. The molecular weight excluding hydrogens is 146 g/mol. The lowest BCUT2D eigenvalue weighted by atomic mass is 10.4. The summed E-state index contributed by atoms with van der Waals surface area (Å²) in [6.07, 6.45) is 0. The van der Waals surface area contributed by atoms with E-state index in [1.54, 1.807) is 13.0 Å². The van der Waals surface area contributed by atoms with Gasteiger partial charge in [-0.3, -0.25) is 9.59 Å². The number of aromatic nitrogens is 1. The van der Waals surface area contributed by atoms with Crippen molar-refractivity contribution >= 4 is 6.47 Å². The van der Waals surface area contributed by atoms with Gasteiger partial charge in [0.2, 0.25) is 0 Å². The summed E-state index contributed by atoms with van der Waals surface area (Å²) in [5.41, 5.74) is 0.338. The molecule has 0 aliphatic carbocycles. The maximum Gasteiger partial charge on any atom is 0.298 e. The highest BCUT2D eigenvalue weighted by Crippen LogP contribution is 1.99. The Labute approximate surface area is 62.8 Å². The van der Waals surface area contributed by atoms with E-state index in [1.807, 2.05) is 0 Å². The van der Waals surface area contributed by atoms with Gasteiger partial charge in [0.05, 0.1) is 0 Å². The number of carbonyl (C=O) groups is 1. The lowest BCUT2D eigenvalue weighted by Gasteiger charge is -1.95. The molecule has 0 unspecified atom stereocenters. The Balaban J connectivity index is 3.09. The number of aromatic amines is 1. The summed E-state index contributed by atoms with van der Waals surface area (Å²) < 4.78 is 4.37. The molecule has 0 radical (unpaired) electrons. The van der Waals surface area contributed by atoms with Gasteiger partial charge in [0, 0.05) is 5.69 Å². The monoisotopic (exact) mass is 153 g/mol. The molecule has 11 heavy (non-hydrogen) atoms. The minimum atomic E-state index is -0.392. The molecule has 1 aromatic heterocycles. The van der Waals surface area contributed by atoms with Crippen molar-refractivity contribution in [1.82, 2.24) is 4.98 Å². The summed E-state index contributed by atoms with van der Waals surface area (Å²) >= 11 is 0. The molecule has 4 nitrogen and oxygen atoms in total. The highest BCUT2D eigenvalue weighted by atomic mass is 16.5. The first-order chi connectivity index (χ1) is 5.24. The minimum absolute atomic E-state index is 0.0191. The summed E-state index contributed by atoms with van der Waals surface area (Å²) in [4.78, 5) is 23.2. The zero-order valence-electron chi connectivity index (χ0n) is 5.96. The van der Waals surface area contributed by atoms with E-state index in [0.29, 0.717) is 0 Å². The SMILES string of the molecule is Cc1ccc(OC=O)c(=O)[nH]1. The largest absolute Gasteiger partial charge is 0.423 e. The Morgan fingerprint density at radius 2 is 2.27 bits per heavy atom. The molecule has 1 heterocycles. The van der Waals surface area contributed by atoms with Gasteiger partial charge in [0.15, 0.2) is 5.75 Å². The molecule has 0 atom stereocenters. The van der Waals surface area contributed by atoms with Gasteiger partial charge >= 0.3 is 0 Å². The highest BCUT2D eigenvalue weighted by Gasteiger charge is 1.97. The second kappa shape index (κ2) is 3.01. The minimum Gasteiger partial charge on any atom is -0.423 e. The standard InChI is InChI=1S/C7H7NO3/c1-5-2-3-6(11-4-9)7(10)8-5/h2-4H,1H3,(H,8,10). The van der Waals surface area contributed by atoms with Crippen molar-refractivity contribution in [2.45, 2.75) is 6.92 Å². The second-order valence-electron chi connectivity index (χ2n) is 2.05. The van der Waals surface area contributed by atoms with Crippen molar-refractivity contribution in [3.8, 4) is 5.75 Å². The molecule has 0 saturated heterocycles. The van der Waals surface area contributed by atoms with Crippen LogP contribution in [-0.4, -0.2) is 11.5 Å². The van der Waals surface area contributed by atoms with E-state index in [4.69, 9.17) is 0 Å². The average molecular weight is 153 g/mol. The topological polar surface area (TPSA) is 59.2 Å². The Kier molecular flexibility index (Phi) is 2.06. The summed E-state index contributed by atoms with van der Waals surface area (Å²) in [5.74, 6) is 0.0191. The number of pyridine rings is 1.